The summed E-state index contributed by atoms with van der Waals surface area (Å²) in [7, 11) is 1.81. The highest BCUT2D eigenvalue weighted by atomic mass is 19.4. The van der Waals surface area contributed by atoms with E-state index in [0.29, 0.717) is 48.5 Å². The van der Waals surface area contributed by atoms with Gasteiger partial charge in [0, 0.05) is 42.1 Å². The van der Waals surface area contributed by atoms with Gasteiger partial charge >= 0.3 is 6.18 Å². The van der Waals surface area contributed by atoms with Crippen molar-refractivity contribution < 1.29 is 31.6 Å². The zero-order chi connectivity index (χ0) is 29.6. The average molecular weight is 588 g/mol. The van der Waals surface area contributed by atoms with Gasteiger partial charge in [-0.05, 0) is 38.2 Å². The van der Waals surface area contributed by atoms with Gasteiger partial charge in [-0.25, -0.2) is 4.39 Å². The Balaban J connectivity index is 1.25. The van der Waals surface area contributed by atoms with Crippen LogP contribution in [0.3, 0.4) is 0 Å². The molecule has 222 valence electrons. The average Bonchev–Trinajstić information content (AvgIpc) is 3.66. The molecule has 42 heavy (non-hydrogen) atoms. The van der Waals surface area contributed by atoms with Gasteiger partial charge in [0.1, 0.15) is 12.4 Å². The number of nitrogens with one attached hydrogen (secondary N) is 2. The smallest absolute Gasteiger partial charge is 0.376 e. The third-order valence-electron chi connectivity index (χ3n) is 7.55. The summed E-state index contributed by atoms with van der Waals surface area (Å²) in [6.45, 7) is 2.53. The highest BCUT2D eigenvalue weighted by molar-refractivity contribution is 5.96. The summed E-state index contributed by atoms with van der Waals surface area (Å²) in [6.07, 6.45) is -0.562. The molecular formula is C28H29F4N7O3. The molecule has 1 amide bonds. The molecule has 10 nitrogen and oxygen atoms in total. The molecule has 3 aromatic heterocycles. The number of carbonyl (C=O) groups is 1. The number of fused-ring (bicyclic) bond motifs is 1. The second-order valence-electron chi connectivity index (χ2n) is 11.0. The minimum Gasteiger partial charge on any atom is -0.376 e. The van der Waals surface area contributed by atoms with Crippen LogP contribution in [-0.4, -0.2) is 69.6 Å². The van der Waals surface area contributed by atoms with Crippen molar-refractivity contribution in [2.75, 3.05) is 38.7 Å². The van der Waals surface area contributed by atoms with Crippen LogP contribution in [0.4, 0.5) is 23.2 Å². The normalized spacial score (nSPS) is 17.5. The Hall–Kier alpha value is -4.17. The van der Waals surface area contributed by atoms with Crippen LogP contribution in [0.1, 0.15) is 29.6 Å². The lowest BCUT2D eigenvalue weighted by atomic mass is 10.0. The summed E-state index contributed by atoms with van der Waals surface area (Å²) in [6, 6.07) is 8.06. The maximum Gasteiger partial charge on any atom is 0.406 e. The first-order valence-electron chi connectivity index (χ1n) is 13.4. The molecule has 0 spiro atoms. The third-order valence-corrected chi connectivity index (χ3v) is 7.55. The lowest BCUT2D eigenvalue weighted by molar-refractivity contribution is -0.139. The molecule has 5 heterocycles. The molecule has 1 aromatic carbocycles. The van der Waals surface area contributed by atoms with Gasteiger partial charge in [0.2, 0.25) is 11.7 Å². The highest BCUT2D eigenvalue weighted by Gasteiger charge is 2.35. The summed E-state index contributed by atoms with van der Waals surface area (Å²) in [5.41, 5.74) is 1.45. The van der Waals surface area contributed by atoms with Crippen molar-refractivity contribution in [3.8, 4) is 11.5 Å². The number of alkyl halides is 3. The second-order valence-corrected chi connectivity index (χ2v) is 11.0. The molecule has 4 aromatic rings. The first-order valence-corrected chi connectivity index (χ1v) is 13.4. The van der Waals surface area contributed by atoms with E-state index in [1.54, 1.807) is 30.5 Å². The Kier molecular flexibility index (Phi) is 7.05. The second kappa shape index (κ2) is 10.6. The molecule has 1 saturated heterocycles. The van der Waals surface area contributed by atoms with Crippen LogP contribution >= 0.6 is 0 Å². The van der Waals surface area contributed by atoms with E-state index in [4.69, 9.17) is 9.26 Å². The number of amides is 1. The van der Waals surface area contributed by atoms with Gasteiger partial charge in [0.15, 0.2) is 0 Å². The number of carbonyl (C=O) groups excluding carboxylic acids is 1. The predicted octanol–water partition coefficient (Wildman–Crippen LogP) is 4.66. The van der Waals surface area contributed by atoms with Crippen molar-refractivity contribution in [2.45, 2.75) is 38.1 Å². The number of hydrogen-bond acceptors (Lipinski definition) is 7. The lowest BCUT2D eigenvalue weighted by Crippen LogP contribution is -2.48. The zero-order valence-corrected chi connectivity index (χ0v) is 23.0. The summed E-state index contributed by atoms with van der Waals surface area (Å²) in [4.78, 5) is 18.8. The predicted molar refractivity (Wildman–Crippen MR) is 145 cm³/mol. The van der Waals surface area contributed by atoms with Crippen molar-refractivity contribution in [3.05, 3.63) is 65.7 Å². The molecule has 6 rings (SSSR count). The molecule has 1 fully saturated rings. The SMILES string of the molecule is CN1CCC(Nc2cccc3c2cc(-c2noc(CNC(=O)c4ccn(C5(C)COC5)c4)n2)n3CC(F)(F)F)=C(F)C1. The number of ether oxygens (including phenoxy) is 1. The van der Waals surface area contributed by atoms with Crippen LogP contribution in [-0.2, 0) is 23.4 Å². The summed E-state index contributed by atoms with van der Waals surface area (Å²) in [5.74, 6) is -0.727. The van der Waals surface area contributed by atoms with Crippen molar-refractivity contribution in [1.82, 2.24) is 29.5 Å². The van der Waals surface area contributed by atoms with E-state index in [2.05, 4.69) is 20.8 Å². The summed E-state index contributed by atoms with van der Waals surface area (Å²) >= 11 is 0. The van der Waals surface area contributed by atoms with E-state index in [1.165, 1.54) is 6.07 Å². The van der Waals surface area contributed by atoms with Crippen LogP contribution in [0, 0.1) is 0 Å². The number of halogens is 4. The van der Waals surface area contributed by atoms with Crippen LogP contribution < -0.4 is 10.6 Å². The minimum atomic E-state index is -4.54. The molecule has 2 N–H and O–H groups in total. The Labute approximate surface area is 237 Å². The number of rotatable bonds is 8. The van der Waals surface area contributed by atoms with Crippen LogP contribution in [0.2, 0.25) is 0 Å². The van der Waals surface area contributed by atoms with E-state index >= 15 is 0 Å². The molecule has 0 unspecified atom stereocenters. The lowest BCUT2D eigenvalue weighted by Gasteiger charge is -2.39. The van der Waals surface area contributed by atoms with E-state index in [0.717, 1.165) is 4.57 Å². The molecule has 0 aliphatic carbocycles. The number of anilines is 1. The van der Waals surface area contributed by atoms with Gasteiger partial charge < -0.3 is 29.0 Å². The van der Waals surface area contributed by atoms with Gasteiger partial charge in [0.05, 0.1) is 48.6 Å². The Bertz CT molecular complexity index is 1670. The maximum absolute atomic E-state index is 14.6. The summed E-state index contributed by atoms with van der Waals surface area (Å²) in [5, 5.41) is 10.1. The number of nitrogens with zero attached hydrogens (tertiary/aromatic N) is 5. The fourth-order valence-corrected chi connectivity index (χ4v) is 5.17. The molecule has 0 saturated carbocycles. The minimum absolute atomic E-state index is 0.0258. The van der Waals surface area contributed by atoms with Crippen LogP contribution in [0.25, 0.3) is 22.4 Å². The fraction of sp³-hybridized carbons (Fsp3) is 0.393. The monoisotopic (exact) mass is 587 g/mol. The van der Waals surface area contributed by atoms with Gasteiger partial charge in [-0.1, -0.05) is 11.2 Å². The van der Waals surface area contributed by atoms with Gasteiger partial charge in [0.25, 0.3) is 5.91 Å². The Morgan fingerprint density at radius 3 is 2.74 bits per heavy atom. The fourth-order valence-electron chi connectivity index (χ4n) is 5.17. The van der Waals surface area contributed by atoms with Gasteiger partial charge in [-0.2, -0.15) is 18.2 Å². The number of aromatic nitrogens is 4. The zero-order valence-electron chi connectivity index (χ0n) is 23.0. The molecule has 2 aliphatic heterocycles. The van der Waals surface area contributed by atoms with Crippen molar-refractivity contribution in [3.63, 3.8) is 0 Å². The number of likely N-dealkylation sites (N-methyl/N-ethyl adjacent to an activating group) is 1. The molecule has 0 atom stereocenters. The van der Waals surface area contributed by atoms with E-state index in [-0.39, 0.29) is 53.3 Å². The third kappa shape index (κ3) is 5.51. The molecule has 0 bridgehead atoms. The van der Waals surface area contributed by atoms with E-state index in [1.807, 2.05) is 29.6 Å². The van der Waals surface area contributed by atoms with Gasteiger partial charge in [-0.3, -0.25) is 9.69 Å². The van der Waals surface area contributed by atoms with Crippen LogP contribution in [0.5, 0.6) is 0 Å². The van der Waals surface area contributed by atoms with E-state index < -0.39 is 12.7 Å². The summed E-state index contributed by atoms with van der Waals surface area (Å²) < 4.78 is 69.1. The Morgan fingerprint density at radius 1 is 1.21 bits per heavy atom. The van der Waals surface area contributed by atoms with Crippen molar-refractivity contribution in [2.24, 2.45) is 0 Å². The van der Waals surface area contributed by atoms with Crippen molar-refractivity contribution >= 4 is 22.5 Å². The largest absolute Gasteiger partial charge is 0.406 e. The first kappa shape index (κ1) is 28.0. The maximum atomic E-state index is 14.6. The number of hydrogen-bond donors (Lipinski definition) is 2. The quantitative estimate of drug-likeness (QED) is 0.289. The molecule has 0 radical (unpaired) electrons. The standard InChI is InChI=1S/C28H29F4N7O3/c1-27(15-41-16-27)38-9-6-17(12-38)26(40)33-11-24-35-25(36-42-24)23-10-18-20(34-21-7-8-37(2)13-19(21)29)4-3-5-22(18)39(23)14-28(30,31)32/h3-6,9-10,12,34H,7-8,11,13-16H2,1-2H3,(H,33,40). The Morgan fingerprint density at radius 2 is 2.02 bits per heavy atom. The molecule has 14 heteroatoms. The molecular weight excluding hydrogens is 558 g/mol. The number of benzene rings is 1. The van der Waals surface area contributed by atoms with Gasteiger partial charge in [-0.15, -0.1) is 0 Å². The first-order chi connectivity index (χ1) is 20.0. The topological polar surface area (TPSA) is 102 Å². The van der Waals surface area contributed by atoms with Crippen LogP contribution in [0.15, 0.2) is 58.8 Å². The van der Waals surface area contributed by atoms with E-state index in [9.17, 15) is 22.4 Å². The van der Waals surface area contributed by atoms with Crippen molar-refractivity contribution in [1.29, 1.82) is 0 Å². The molecule has 2 aliphatic rings. The highest BCUT2D eigenvalue weighted by Crippen LogP contribution is 2.35.